The lowest BCUT2D eigenvalue weighted by atomic mass is 9.97. The summed E-state index contributed by atoms with van der Waals surface area (Å²) < 4.78 is 5.81. The van der Waals surface area contributed by atoms with Crippen molar-refractivity contribution in [1.29, 1.82) is 0 Å². The van der Waals surface area contributed by atoms with Crippen molar-refractivity contribution in [3.05, 3.63) is 29.8 Å². The van der Waals surface area contributed by atoms with Crippen LogP contribution in [0.2, 0.25) is 0 Å². The lowest BCUT2D eigenvalue weighted by Crippen LogP contribution is -2.53. The maximum Gasteiger partial charge on any atom is 0.0678 e. The molecule has 3 nitrogen and oxygen atoms in total. The molecule has 3 unspecified atom stereocenters. The Hall–Kier alpha value is -1.06. The van der Waals surface area contributed by atoms with E-state index in [0.29, 0.717) is 18.2 Å². The highest BCUT2D eigenvalue weighted by molar-refractivity contribution is 5.53. The second kappa shape index (κ2) is 4.90. The van der Waals surface area contributed by atoms with E-state index in [1.807, 2.05) is 0 Å². The van der Waals surface area contributed by atoms with Gasteiger partial charge in [0.1, 0.15) is 0 Å². The third-order valence-corrected chi connectivity index (χ3v) is 3.97. The molecule has 1 N–H and O–H groups in total. The van der Waals surface area contributed by atoms with Crippen LogP contribution in [-0.4, -0.2) is 42.8 Å². The Balaban J connectivity index is 1.72. The number of fused-ring (bicyclic) bond motifs is 1. The maximum absolute atomic E-state index is 5.81. The third kappa shape index (κ3) is 2.38. The summed E-state index contributed by atoms with van der Waals surface area (Å²) in [7, 11) is 0. The lowest BCUT2D eigenvalue weighted by Gasteiger charge is -2.42. The van der Waals surface area contributed by atoms with Crippen LogP contribution < -0.4 is 5.32 Å². The Morgan fingerprint density at radius 2 is 1.89 bits per heavy atom. The minimum Gasteiger partial charge on any atom is -0.383 e. The van der Waals surface area contributed by atoms with E-state index in [-0.39, 0.29) is 0 Å². The first-order valence-corrected chi connectivity index (χ1v) is 6.93. The molecular formula is C15H22N2O. The molecule has 1 saturated heterocycles. The molecule has 0 bridgehead atoms. The number of benzene rings is 1. The van der Waals surface area contributed by atoms with E-state index in [1.54, 1.807) is 0 Å². The highest BCUT2D eigenvalue weighted by Crippen LogP contribution is 2.25. The number of hydrogen-bond acceptors (Lipinski definition) is 3. The first-order valence-electron chi connectivity index (χ1n) is 6.93. The molecule has 0 radical (unpaired) electrons. The fourth-order valence-corrected chi connectivity index (χ4v) is 3.20. The molecule has 3 heteroatoms. The average molecular weight is 246 g/mol. The monoisotopic (exact) mass is 246 g/mol. The van der Waals surface area contributed by atoms with Crippen molar-refractivity contribution in [3.63, 3.8) is 0 Å². The molecule has 1 aromatic rings. The van der Waals surface area contributed by atoms with Gasteiger partial charge in [-0.3, -0.25) is 4.90 Å². The molecule has 0 aromatic heterocycles. The zero-order chi connectivity index (χ0) is 12.5. The molecule has 2 heterocycles. The number of morpholine rings is 1. The first-order chi connectivity index (χ1) is 8.72. The van der Waals surface area contributed by atoms with Gasteiger partial charge in [-0.05, 0) is 31.9 Å². The number of nitrogens with zero attached hydrogens (tertiary/aromatic N) is 1. The van der Waals surface area contributed by atoms with Crippen molar-refractivity contribution < 1.29 is 4.74 Å². The Morgan fingerprint density at radius 1 is 1.17 bits per heavy atom. The van der Waals surface area contributed by atoms with E-state index in [4.69, 9.17) is 4.74 Å². The predicted octanol–water partition coefficient (Wildman–Crippen LogP) is 2.13. The van der Waals surface area contributed by atoms with Gasteiger partial charge in [-0.25, -0.2) is 0 Å². The lowest BCUT2D eigenvalue weighted by molar-refractivity contribution is -0.0791. The van der Waals surface area contributed by atoms with Crippen molar-refractivity contribution in [3.8, 4) is 0 Å². The van der Waals surface area contributed by atoms with E-state index >= 15 is 0 Å². The Labute approximate surface area is 109 Å². The summed E-state index contributed by atoms with van der Waals surface area (Å²) in [4.78, 5) is 2.59. The minimum atomic E-state index is 0.353. The summed E-state index contributed by atoms with van der Waals surface area (Å²) in [6, 6.07) is 9.25. The van der Waals surface area contributed by atoms with E-state index < -0.39 is 0 Å². The van der Waals surface area contributed by atoms with Crippen molar-refractivity contribution in [1.82, 2.24) is 4.90 Å². The molecule has 0 amide bonds. The van der Waals surface area contributed by atoms with Gasteiger partial charge in [0, 0.05) is 31.4 Å². The molecule has 1 aromatic carbocycles. The topological polar surface area (TPSA) is 24.5 Å². The van der Waals surface area contributed by atoms with Crippen molar-refractivity contribution in [2.45, 2.75) is 38.5 Å². The molecule has 0 aliphatic carbocycles. The molecule has 0 saturated carbocycles. The van der Waals surface area contributed by atoms with E-state index in [0.717, 1.165) is 26.1 Å². The smallest absolute Gasteiger partial charge is 0.0678 e. The summed E-state index contributed by atoms with van der Waals surface area (Å²) in [6.45, 7) is 7.51. The van der Waals surface area contributed by atoms with Gasteiger partial charge in [0.2, 0.25) is 0 Å². The first kappa shape index (κ1) is 12.0. The average Bonchev–Trinajstić information content (AvgIpc) is 2.37. The predicted molar refractivity (Wildman–Crippen MR) is 74.0 cm³/mol. The maximum atomic E-state index is 5.81. The summed E-state index contributed by atoms with van der Waals surface area (Å²) >= 11 is 0. The molecule has 0 spiro atoms. The molecule has 2 aliphatic heterocycles. The summed E-state index contributed by atoms with van der Waals surface area (Å²) in [6.07, 6.45) is 1.86. The molecule has 1 fully saturated rings. The van der Waals surface area contributed by atoms with Gasteiger partial charge in [-0.1, -0.05) is 18.2 Å². The van der Waals surface area contributed by atoms with Crippen LogP contribution in [0.4, 0.5) is 5.69 Å². The van der Waals surface area contributed by atoms with Crippen LogP contribution in [0, 0.1) is 0 Å². The normalized spacial score (nSPS) is 32.7. The number of para-hydroxylation sites is 1. The largest absolute Gasteiger partial charge is 0.383 e. The Morgan fingerprint density at radius 3 is 2.67 bits per heavy atom. The van der Waals surface area contributed by atoms with Crippen LogP contribution in [0.15, 0.2) is 24.3 Å². The third-order valence-electron chi connectivity index (χ3n) is 3.97. The highest BCUT2D eigenvalue weighted by atomic mass is 16.5. The van der Waals surface area contributed by atoms with Gasteiger partial charge in [0.05, 0.1) is 12.2 Å². The van der Waals surface area contributed by atoms with E-state index in [2.05, 4.69) is 48.3 Å². The quantitative estimate of drug-likeness (QED) is 0.821. The van der Waals surface area contributed by atoms with Gasteiger partial charge in [-0.15, -0.1) is 0 Å². The Kier molecular flexibility index (Phi) is 3.27. The summed E-state index contributed by atoms with van der Waals surface area (Å²) in [5.41, 5.74) is 2.75. The zero-order valence-electron chi connectivity index (χ0n) is 11.2. The van der Waals surface area contributed by atoms with Gasteiger partial charge in [-0.2, -0.15) is 0 Å². The molecule has 18 heavy (non-hydrogen) atoms. The fraction of sp³-hybridized carbons (Fsp3) is 0.600. The number of rotatable bonds is 1. The van der Waals surface area contributed by atoms with Gasteiger partial charge >= 0.3 is 0 Å². The Bertz CT molecular complexity index is 411. The van der Waals surface area contributed by atoms with Crippen LogP contribution in [0.3, 0.4) is 0 Å². The molecular weight excluding hydrogens is 224 g/mol. The second-order valence-corrected chi connectivity index (χ2v) is 5.61. The molecule has 3 rings (SSSR count). The van der Waals surface area contributed by atoms with Gasteiger partial charge in [0.25, 0.3) is 0 Å². The van der Waals surface area contributed by atoms with Gasteiger partial charge in [0.15, 0.2) is 0 Å². The van der Waals surface area contributed by atoms with Crippen molar-refractivity contribution >= 4 is 5.69 Å². The van der Waals surface area contributed by atoms with Crippen LogP contribution in [-0.2, 0) is 11.2 Å². The van der Waals surface area contributed by atoms with Crippen LogP contribution in [0.25, 0.3) is 0 Å². The van der Waals surface area contributed by atoms with Gasteiger partial charge < -0.3 is 10.1 Å². The summed E-state index contributed by atoms with van der Waals surface area (Å²) in [5.74, 6) is 0. The highest BCUT2D eigenvalue weighted by Gasteiger charge is 2.30. The van der Waals surface area contributed by atoms with Crippen molar-refractivity contribution in [2.75, 3.05) is 25.0 Å². The van der Waals surface area contributed by atoms with E-state index in [9.17, 15) is 0 Å². The minimum absolute atomic E-state index is 0.353. The van der Waals surface area contributed by atoms with Crippen LogP contribution in [0.1, 0.15) is 19.4 Å². The second-order valence-electron chi connectivity index (χ2n) is 5.61. The molecule has 98 valence electrons. The standard InChI is InChI=1S/C15H22N2O/c1-11-9-17(10-12(2)18-11)14-7-13-5-3-4-6-15(13)16-8-14/h3-6,11-12,14,16H,7-10H2,1-2H3. The number of nitrogens with one attached hydrogen (secondary N) is 1. The van der Waals surface area contributed by atoms with Crippen LogP contribution in [0.5, 0.6) is 0 Å². The molecule has 3 atom stereocenters. The number of ether oxygens (including phenoxy) is 1. The fourth-order valence-electron chi connectivity index (χ4n) is 3.20. The van der Waals surface area contributed by atoms with Crippen molar-refractivity contribution in [2.24, 2.45) is 0 Å². The molecule has 2 aliphatic rings. The zero-order valence-corrected chi connectivity index (χ0v) is 11.2. The van der Waals surface area contributed by atoms with Crippen LogP contribution >= 0.6 is 0 Å². The SMILES string of the molecule is CC1CN(C2CNc3ccccc3C2)CC(C)O1. The number of hydrogen-bond donors (Lipinski definition) is 1. The number of anilines is 1. The summed E-state index contributed by atoms with van der Waals surface area (Å²) in [5, 5.41) is 3.56. The van der Waals surface area contributed by atoms with E-state index in [1.165, 1.54) is 11.3 Å².